The maximum Gasteiger partial charge on any atom is 0.413 e. The van der Waals surface area contributed by atoms with Gasteiger partial charge in [0, 0.05) is 118 Å². The van der Waals surface area contributed by atoms with E-state index in [1.807, 2.05) is 75.5 Å². The number of aromatic nitrogens is 4. The van der Waals surface area contributed by atoms with Crippen LogP contribution in [0.15, 0.2) is 137 Å². The van der Waals surface area contributed by atoms with Gasteiger partial charge in [-0.05, 0) is 107 Å². The molecule has 0 aliphatic carbocycles. The molecule has 2 aliphatic rings. The SMILES string of the molecule is CC(C)(C)OC(=O)Nc1ncc(C(O)c2ccc(Cl)cc2)s1.CC(C)(C)OC(=O)Nc1nccs1.CN1N=C(C(=O)Nc2ncc(Cc3ccc(Cl)cc3)s2)CCC1=O.CN1N=C(C(=O)O)CCC1=O.Nc1ncc(Cc2ccc(Cl)cc2)s1.O=Cc1ccc(Cl)cc1. The van der Waals surface area contributed by atoms with E-state index in [-0.39, 0.29) is 36.3 Å². The number of benzene rings is 4. The maximum absolute atomic E-state index is 12.2. The number of carboxylic acid groups (broad SMARTS) is 1. The van der Waals surface area contributed by atoms with Crippen LogP contribution in [0.3, 0.4) is 0 Å². The van der Waals surface area contributed by atoms with Gasteiger partial charge in [-0.3, -0.25) is 35.1 Å². The van der Waals surface area contributed by atoms with Crippen LogP contribution in [0.5, 0.6) is 0 Å². The van der Waals surface area contributed by atoms with Gasteiger partial charge >= 0.3 is 18.2 Å². The Kier molecular flexibility index (Phi) is 29.9. The minimum atomic E-state index is -1.05. The number of aliphatic carboxylic acids is 1. The number of aliphatic hydroxyl groups excluding tert-OH is 1. The van der Waals surface area contributed by atoms with Gasteiger partial charge in [0.2, 0.25) is 11.8 Å². The Hall–Kier alpha value is -8.25. The van der Waals surface area contributed by atoms with Crippen molar-refractivity contribution in [2.24, 2.45) is 10.2 Å². The van der Waals surface area contributed by atoms with Crippen LogP contribution >= 0.6 is 91.8 Å². The molecule has 1 atom stereocenters. The molecule has 8 aromatic rings. The summed E-state index contributed by atoms with van der Waals surface area (Å²) < 4.78 is 10.2. The Labute approximate surface area is 572 Å². The highest BCUT2D eigenvalue weighted by atomic mass is 35.5. The smallest absolute Gasteiger partial charge is 0.413 e. The molecular weight excluding hydrogens is 1360 g/mol. The molecule has 0 saturated heterocycles. The lowest BCUT2D eigenvalue weighted by molar-refractivity contribution is -0.132. The number of aliphatic hydroxyl groups is 1. The molecule has 31 heteroatoms. The second-order valence-corrected chi connectivity index (χ2v) is 27.3. The van der Waals surface area contributed by atoms with Crippen LogP contribution in [0.25, 0.3) is 0 Å². The van der Waals surface area contributed by atoms with Gasteiger partial charge < -0.3 is 25.4 Å². The number of carboxylic acids is 1. The molecular formula is C62H66Cl4N12O11S4. The molecule has 0 fully saturated rings. The summed E-state index contributed by atoms with van der Waals surface area (Å²) in [6.07, 6.45) is 8.34. The van der Waals surface area contributed by atoms with E-state index >= 15 is 0 Å². The summed E-state index contributed by atoms with van der Waals surface area (Å²) in [6.45, 7) is 10.8. The van der Waals surface area contributed by atoms with E-state index in [4.69, 9.17) is 66.7 Å². The van der Waals surface area contributed by atoms with Gasteiger partial charge in [0.15, 0.2) is 20.5 Å². The van der Waals surface area contributed by atoms with E-state index in [1.165, 1.54) is 74.0 Å². The number of thiazole rings is 4. The van der Waals surface area contributed by atoms with Crippen molar-refractivity contribution in [1.29, 1.82) is 0 Å². The Morgan fingerprint density at radius 3 is 1.49 bits per heavy atom. The zero-order valence-corrected chi connectivity index (χ0v) is 57.7. The maximum atomic E-state index is 12.2. The second-order valence-electron chi connectivity index (χ2n) is 21.4. The third-order valence-corrected chi connectivity index (χ3v) is 15.9. The summed E-state index contributed by atoms with van der Waals surface area (Å²) in [6, 6.07) is 29.1. The predicted molar refractivity (Wildman–Crippen MR) is 369 cm³/mol. The number of ether oxygens (including phenoxy) is 2. The van der Waals surface area contributed by atoms with Gasteiger partial charge in [0.1, 0.15) is 35.0 Å². The minimum Gasteiger partial charge on any atom is -0.477 e. The molecule has 2 aliphatic heterocycles. The number of nitrogens with one attached hydrogen (secondary N) is 3. The number of hydrogen-bond acceptors (Lipinski definition) is 21. The van der Waals surface area contributed by atoms with Crippen LogP contribution in [0.4, 0.5) is 30.1 Å². The average Bonchev–Trinajstić information content (AvgIpc) is 2.72. The van der Waals surface area contributed by atoms with Crippen molar-refractivity contribution < 1.29 is 53.2 Å². The van der Waals surface area contributed by atoms with E-state index < -0.39 is 35.5 Å². The molecule has 0 bridgehead atoms. The third kappa shape index (κ3) is 28.7. The molecule has 6 heterocycles. The highest BCUT2D eigenvalue weighted by molar-refractivity contribution is 7.16. The van der Waals surface area contributed by atoms with Crippen molar-refractivity contribution >= 4 is 166 Å². The Balaban J connectivity index is 0.000000209. The number of nitrogens with zero attached hydrogens (tertiary/aromatic N) is 8. The van der Waals surface area contributed by atoms with Gasteiger partial charge in [-0.1, -0.05) is 106 Å². The molecule has 0 spiro atoms. The van der Waals surface area contributed by atoms with Crippen LogP contribution in [-0.2, 0) is 41.5 Å². The topological polar surface area (TPSA) is 323 Å². The normalized spacial score (nSPS) is 12.9. The number of rotatable bonds is 12. The van der Waals surface area contributed by atoms with Crippen LogP contribution in [0, 0.1) is 0 Å². The summed E-state index contributed by atoms with van der Waals surface area (Å²) >= 11 is 28.5. The minimum absolute atomic E-state index is 0.0482. The number of nitrogens with two attached hydrogens (primary N) is 1. The fourth-order valence-corrected chi connectivity index (χ4v) is 10.6. The number of amides is 5. The highest BCUT2D eigenvalue weighted by Crippen LogP contribution is 2.31. The van der Waals surface area contributed by atoms with Crippen LogP contribution in [-0.4, -0.2) is 119 Å². The number of hydrazone groups is 2. The van der Waals surface area contributed by atoms with Gasteiger partial charge in [-0.2, -0.15) is 10.2 Å². The summed E-state index contributed by atoms with van der Waals surface area (Å²) in [5, 5.41) is 43.0. The zero-order chi connectivity index (χ0) is 68.4. The van der Waals surface area contributed by atoms with E-state index in [0.717, 1.165) is 39.6 Å². The monoisotopic (exact) mass is 1420 g/mol. The lowest BCUT2D eigenvalue weighted by Crippen LogP contribution is -2.34. The third-order valence-electron chi connectivity index (χ3n) is 11.5. The molecule has 7 N–H and O–H groups in total. The first kappa shape index (κ1) is 75.5. The molecule has 1 unspecified atom stereocenters. The lowest BCUT2D eigenvalue weighted by Gasteiger charge is -2.18. The van der Waals surface area contributed by atoms with Crippen molar-refractivity contribution in [3.8, 4) is 0 Å². The number of nitrogen functional groups attached to an aromatic ring is 1. The molecule has 492 valence electrons. The Morgan fingerprint density at radius 2 is 1.04 bits per heavy atom. The summed E-state index contributed by atoms with van der Waals surface area (Å²) in [5.41, 5.74) is 8.58. The summed E-state index contributed by atoms with van der Waals surface area (Å²) in [4.78, 5) is 96.6. The first-order valence-corrected chi connectivity index (χ1v) is 32.6. The summed E-state index contributed by atoms with van der Waals surface area (Å²) in [5.74, 6) is -1.60. The molecule has 4 aromatic heterocycles. The number of anilines is 4. The van der Waals surface area contributed by atoms with Gasteiger partial charge in [0.05, 0.1) is 4.88 Å². The lowest BCUT2D eigenvalue weighted by atomic mass is 10.1. The van der Waals surface area contributed by atoms with Crippen LogP contribution in [0.1, 0.15) is 115 Å². The van der Waals surface area contributed by atoms with Crippen molar-refractivity contribution in [3.63, 3.8) is 0 Å². The van der Waals surface area contributed by atoms with Crippen LogP contribution < -0.4 is 21.7 Å². The summed E-state index contributed by atoms with van der Waals surface area (Å²) in [7, 11) is 2.99. The zero-order valence-electron chi connectivity index (χ0n) is 51.4. The van der Waals surface area contributed by atoms with Crippen molar-refractivity contribution in [1.82, 2.24) is 30.0 Å². The number of carbonyl (C=O) groups excluding carboxylic acids is 6. The molecule has 0 radical (unpaired) electrons. The largest absolute Gasteiger partial charge is 0.477 e. The molecule has 5 amide bonds. The molecule has 0 saturated carbocycles. The van der Waals surface area contributed by atoms with Gasteiger partial charge in [0.25, 0.3) is 5.91 Å². The predicted octanol–water partition coefficient (Wildman–Crippen LogP) is 14.5. The first-order valence-electron chi connectivity index (χ1n) is 27.8. The van der Waals surface area contributed by atoms with E-state index in [0.29, 0.717) is 70.2 Å². The van der Waals surface area contributed by atoms with E-state index in [2.05, 4.69) is 46.1 Å². The molecule has 93 heavy (non-hydrogen) atoms. The number of halogens is 4. The number of carbonyl (C=O) groups is 7. The fourth-order valence-electron chi connectivity index (χ4n) is 7.17. The van der Waals surface area contributed by atoms with Crippen molar-refractivity contribution in [3.05, 3.63) is 184 Å². The number of aldehydes is 1. The molecule has 10 rings (SSSR count). The van der Waals surface area contributed by atoms with Crippen molar-refractivity contribution in [2.75, 3.05) is 35.8 Å². The number of hydrogen-bond donors (Lipinski definition) is 6. The Bertz CT molecular complexity index is 3820. The quantitative estimate of drug-likeness (QED) is 0.0619. The van der Waals surface area contributed by atoms with Gasteiger partial charge in [-0.15, -0.1) is 34.0 Å². The fraction of sp³-hybridized carbons (Fsp3) is 0.274. The average molecular weight is 1430 g/mol. The van der Waals surface area contributed by atoms with Gasteiger partial charge in [-0.25, -0.2) is 44.3 Å². The Morgan fingerprint density at radius 1 is 0.602 bits per heavy atom. The molecule has 23 nitrogen and oxygen atoms in total. The van der Waals surface area contributed by atoms with Crippen LogP contribution in [0.2, 0.25) is 20.1 Å². The van der Waals surface area contributed by atoms with E-state index in [9.17, 15) is 38.7 Å². The standard InChI is InChI=1S/C16H15ClN4O2S.C15H17ClN2O3S.C10H9ClN2S.C8H12N2O2S.C7H5ClO.C6H8N2O3/c1-21-14(22)7-6-13(20-21)15(23)19-16-18-9-12(24-16)8-10-2-4-11(17)5-3-10;1-15(2,3)21-14(20)18-13-17-8-11(22-13)12(19)9-4-6-10(16)7-5-9;11-8-3-1-7(2-4-8)5-9-6-13-10(12)14-9;1-8(2,3)12-7(11)10-6-9-4-5-13-6;8-7-3-1-6(5-9)2-4-7;1-8-5(9)3-2-4(7-8)6(10)11/h2-5,9H,6-8H2,1H3,(H,18,19,23);4-8,12,19H,1-3H3,(H,17,18,20);1-4,6H,5H2,(H2,12,13);4-5H,1-3H3,(H,9,10,11);1-5H;2-3H2,1H3,(H,10,11). The van der Waals surface area contributed by atoms with Crippen molar-refractivity contribution in [2.45, 2.75) is 97.4 Å². The second kappa shape index (κ2) is 36.9. The highest BCUT2D eigenvalue weighted by Gasteiger charge is 2.24. The first-order chi connectivity index (χ1) is 43.9. The van der Waals surface area contributed by atoms with E-state index in [1.54, 1.807) is 94.1 Å². The molecule has 4 aromatic carbocycles.